The fourth-order valence-corrected chi connectivity index (χ4v) is 8.81. The van der Waals surface area contributed by atoms with Crippen LogP contribution in [0.25, 0.3) is 22.5 Å². The molecule has 0 unspecified atom stereocenters. The number of thioether (sulfide) groups is 2. The second kappa shape index (κ2) is 27.1. The maximum Gasteiger partial charge on any atom is 0.412 e. The number of esters is 1. The summed E-state index contributed by atoms with van der Waals surface area (Å²) in [6, 6.07) is 18.2. The first-order valence-corrected chi connectivity index (χ1v) is 26.9. The molecule has 3 aromatic carbocycles. The third-order valence-corrected chi connectivity index (χ3v) is 12.8. The van der Waals surface area contributed by atoms with Gasteiger partial charge in [0.2, 0.25) is 5.91 Å². The molecule has 0 aliphatic heterocycles. The summed E-state index contributed by atoms with van der Waals surface area (Å²) in [5.41, 5.74) is 14.3. The highest BCUT2D eigenvalue weighted by Gasteiger charge is 2.23. The molecule has 0 saturated heterocycles. The molecule has 5 aromatic rings. The van der Waals surface area contributed by atoms with Gasteiger partial charge in [-0.15, -0.1) is 23.5 Å². The van der Waals surface area contributed by atoms with E-state index in [-0.39, 0.29) is 60.7 Å². The predicted molar refractivity (Wildman–Crippen MR) is 306 cm³/mol. The number of nitrogens with one attached hydrogen (secondary N) is 5. The highest BCUT2D eigenvalue weighted by molar-refractivity contribution is 7.99. The molecule has 2 heterocycles. The Morgan fingerprint density at radius 2 is 1.16 bits per heavy atom. The van der Waals surface area contributed by atoms with E-state index in [4.69, 9.17) is 26.4 Å². The average Bonchev–Trinajstić information content (AvgIpc) is 3.28. The number of ether oxygens (including phenoxy) is 2. The van der Waals surface area contributed by atoms with Crippen LogP contribution in [0.2, 0.25) is 0 Å². The van der Waals surface area contributed by atoms with Gasteiger partial charge in [0.05, 0.1) is 23.8 Å². The van der Waals surface area contributed by atoms with Crippen molar-refractivity contribution in [1.29, 1.82) is 5.41 Å². The number of nitrogens with zero attached hydrogens (tertiary/aromatic N) is 4. The van der Waals surface area contributed by atoms with Gasteiger partial charge in [0.25, 0.3) is 11.1 Å². The summed E-state index contributed by atoms with van der Waals surface area (Å²) >= 11 is 3.33. The largest absolute Gasteiger partial charge is 0.459 e. The Kier molecular flexibility index (Phi) is 22.0. The molecule has 20 heteroatoms. The minimum atomic E-state index is -0.704. The van der Waals surface area contributed by atoms with Crippen LogP contribution < -0.4 is 43.9 Å². The lowest BCUT2D eigenvalue weighted by Gasteiger charge is -2.22. The third-order valence-electron chi connectivity index (χ3n) is 9.96. The molecule has 0 saturated carbocycles. The van der Waals surface area contributed by atoms with E-state index >= 15 is 0 Å². The van der Waals surface area contributed by atoms with Crippen LogP contribution in [0.15, 0.2) is 92.4 Å². The highest BCUT2D eigenvalue weighted by atomic mass is 32.2. The third kappa shape index (κ3) is 20.4. The monoisotopic (exact) mass is 1070 g/mol. The Hall–Kier alpha value is -6.80. The zero-order valence-electron chi connectivity index (χ0n) is 45.9. The molecule has 0 atom stereocenters. The van der Waals surface area contributed by atoms with Gasteiger partial charge in [-0.1, -0.05) is 52.0 Å². The van der Waals surface area contributed by atoms with Gasteiger partial charge in [0, 0.05) is 68.0 Å². The number of amides is 2. The number of amidine groups is 1. The van der Waals surface area contributed by atoms with Crippen molar-refractivity contribution in [2.75, 3.05) is 33.2 Å². The number of anilines is 4. The molecule has 0 aliphatic carbocycles. The van der Waals surface area contributed by atoms with Gasteiger partial charge in [-0.3, -0.25) is 39.0 Å². The normalized spacial score (nSPS) is 11.5. The van der Waals surface area contributed by atoms with Gasteiger partial charge in [-0.25, -0.2) is 14.8 Å². The van der Waals surface area contributed by atoms with Crippen LogP contribution in [0.1, 0.15) is 108 Å². The predicted octanol–water partition coefficient (Wildman–Crippen LogP) is 9.83. The first-order valence-electron chi connectivity index (χ1n) is 24.9. The van der Waals surface area contributed by atoms with Crippen molar-refractivity contribution in [3.05, 3.63) is 105 Å². The van der Waals surface area contributed by atoms with Crippen LogP contribution in [0.5, 0.6) is 0 Å². The fourth-order valence-electron chi connectivity index (χ4n) is 6.90. The number of nitrogens with two attached hydrogens (primary N) is 2. The molecule has 18 nitrogen and oxygen atoms in total. The topological polar surface area (TPSA) is 263 Å². The average molecular weight is 1070 g/mol. The summed E-state index contributed by atoms with van der Waals surface area (Å²) < 4.78 is 13.7. The molecule has 0 radical (unpaired) electrons. The van der Waals surface area contributed by atoms with Crippen molar-refractivity contribution in [2.24, 2.45) is 17.6 Å². The lowest BCUT2D eigenvalue weighted by Crippen LogP contribution is -2.35. The molecule has 2 amide bonds. The molecular formula is C55H77N11O7S2. The Morgan fingerprint density at radius 1 is 0.680 bits per heavy atom. The van der Waals surface area contributed by atoms with Gasteiger partial charge in [-0.2, -0.15) is 0 Å². The van der Waals surface area contributed by atoms with Gasteiger partial charge >= 0.3 is 12.1 Å². The lowest BCUT2D eigenvalue weighted by molar-refractivity contribution is -0.155. The van der Waals surface area contributed by atoms with Crippen molar-refractivity contribution in [2.45, 2.75) is 150 Å². The fraction of sp³-hybridized carbons (Fsp3) is 0.455. The van der Waals surface area contributed by atoms with Gasteiger partial charge in [0.15, 0.2) is 11.6 Å². The minimum Gasteiger partial charge on any atom is -0.459 e. The van der Waals surface area contributed by atoms with Crippen LogP contribution in [0.3, 0.4) is 0 Å². The number of carbonyl (C=O) groups is 3. The van der Waals surface area contributed by atoms with Crippen molar-refractivity contribution >= 4 is 70.3 Å². The number of carbonyl (C=O) groups excluding carboxylic acids is 3. The lowest BCUT2D eigenvalue weighted by atomic mass is 10.1. The van der Waals surface area contributed by atoms with Crippen LogP contribution >= 0.6 is 23.5 Å². The summed E-state index contributed by atoms with van der Waals surface area (Å²) in [6.45, 7) is 26.7. The number of nitrogen functional groups attached to an aromatic ring is 2. The van der Waals surface area contributed by atoms with E-state index < -0.39 is 28.8 Å². The molecule has 9 N–H and O–H groups in total. The summed E-state index contributed by atoms with van der Waals surface area (Å²) in [7, 11) is 0. The number of hydrogen-bond donors (Lipinski definition) is 7. The van der Waals surface area contributed by atoms with E-state index in [9.17, 15) is 24.0 Å². The molecule has 0 fully saturated rings. The van der Waals surface area contributed by atoms with Crippen LogP contribution in [-0.2, 0) is 38.7 Å². The Balaban J connectivity index is 0.000000325. The van der Waals surface area contributed by atoms with Crippen molar-refractivity contribution in [3.63, 3.8) is 0 Å². The zero-order valence-corrected chi connectivity index (χ0v) is 47.5. The number of rotatable bonds is 20. The van der Waals surface area contributed by atoms with Crippen LogP contribution in [0, 0.1) is 17.2 Å². The summed E-state index contributed by atoms with van der Waals surface area (Å²) in [4.78, 5) is 75.7. The smallest absolute Gasteiger partial charge is 0.412 e. The minimum absolute atomic E-state index is 0.00212. The first kappa shape index (κ1) is 60.8. The number of aromatic nitrogens is 4. The molecule has 0 aliphatic rings. The molecule has 0 spiro atoms. The van der Waals surface area contributed by atoms with Gasteiger partial charge in [-0.05, 0) is 123 Å². The molecule has 2 aromatic heterocycles. The summed E-state index contributed by atoms with van der Waals surface area (Å²) in [5, 5.41) is 19.3. The SMILES string of the molecule is CC(C)CSc1cc(N)cc(-c2cnc(NC(C)C)c(=O)n2CC(=O)NCc2ccc(C(=N)N)cc2)c1.CC(C)CSc1cc(NC(=O)OC(C)(C)C)cc(-c2cnc(NC(C)C)c(=O)n2CC(=O)OC(C)(C)C)c1. The molecule has 406 valence electrons. The van der Waals surface area contributed by atoms with Crippen LogP contribution in [0.4, 0.5) is 27.8 Å². The van der Waals surface area contributed by atoms with E-state index in [2.05, 4.69) is 58.9 Å². The van der Waals surface area contributed by atoms with Gasteiger partial charge in [0.1, 0.15) is 30.1 Å². The molecule has 75 heavy (non-hydrogen) atoms. The van der Waals surface area contributed by atoms with E-state index in [0.717, 1.165) is 32.4 Å². The quantitative estimate of drug-likeness (QED) is 0.0126. The van der Waals surface area contributed by atoms with E-state index in [1.807, 2.05) is 52.0 Å². The van der Waals surface area contributed by atoms with Crippen molar-refractivity contribution < 1.29 is 23.9 Å². The summed E-state index contributed by atoms with van der Waals surface area (Å²) in [5.74, 6) is 2.20. The Labute approximate surface area is 449 Å². The van der Waals surface area contributed by atoms with Crippen molar-refractivity contribution in [3.8, 4) is 22.5 Å². The first-order chi connectivity index (χ1) is 35.0. The molecule has 5 rings (SSSR count). The Morgan fingerprint density at radius 3 is 1.63 bits per heavy atom. The van der Waals surface area contributed by atoms with Crippen LogP contribution in [-0.4, -0.2) is 77.7 Å². The standard InChI is InChI=1S/C28H42N4O5S.C27H35N7O2S/c1-17(2)16-38-21-12-19(11-20(13-21)31-26(35)37-28(8,9)10)22-14-29-24(30-18(3)4)25(34)32(22)15-23(33)36-27(5,6)7;1-16(2)15-37-22-10-20(9-21(28)11-22)23-13-32-26(33-17(3)4)27(36)34(23)14-24(35)31-12-18-5-7-19(8-6-18)25(29)30/h11-14,17-18H,15-16H2,1-10H3,(H,29,30)(H,31,35);5-11,13,16-17H,12,14-15,28H2,1-4H3,(H3,29,30)(H,31,35)(H,32,33). The maximum atomic E-state index is 13.5. The highest BCUT2D eigenvalue weighted by Crippen LogP contribution is 2.32. The summed E-state index contributed by atoms with van der Waals surface area (Å²) in [6.07, 6.45) is 2.57. The number of benzene rings is 3. The molecule has 0 bridgehead atoms. The second-order valence-corrected chi connectivity index (χ2v) is 23.6. The maximum absolute atomic E-state index is 13.5. The van der Waals surface area contributed by atoms with Crippen molar-refractivity contribution in [1.82, 2.24) is 24.4 Å². The second-order valence-electron chi connectivity index (χ2n) is 21.4. The van der Waals surface area contributed by atoms with E-state index in [0.29, 0.717) is 45.7 Å². The zero-order chi connectivity index (χ0) is 55.9. The van der Waals surface area contributed by atoms with Gasteiger partial charge < -0.3 is 36.9 Å². The molecular weight excluding hydrogens is 991 g/mol. The van der Waals surface area contributed by atoms with E-state index in [1.54, 1.807) is 114 Å². The Bertz CT molecular complexity index is 2900. The number of hydrogen-bond acceptors (Lipinski definition) is 15. The van der Waals surface area contributed by atoms with E-state index in [1.165, 1.54) is 9.13 Å².